The van der Waals surface area contributed by atoms with Crippen LogP contribution >= 0.6 is 11.6 Å². The van der Waals surface area contributed by atoms with Gasteiger partial charge in [-0.25, -0.2) is 0 Å². The van der Waals surface area contributed by atoms with Gasteiger partial charge in [0, 0.05) is 22.0 Å². The molecule has 2 fully saturated rings. The van der Waals surface area contributed by atoms with Crippen LogP contribution in [0.1, 0.15) is 28.8 Å². The summed E-state index contributed by atoms with van der Waals surface area (Å²) in [6, 6.07) is 8.29. The van der Waals surface area contributed by atoms with Gasteiger partial charge in [0.1, 0.15) is 5.75 Å². The number of carbonyl (C=O) groups excluding carboxylic acids is 1. The smallest absolute Gasteiger partial charge is 0.406 e. The van der Waals surface area contributed by atoms with Gasteiger partial charge in [0.05, 0.1) is 17.3 Å². The molecular formula is C21H17ClF3N3O3. The number of fused-ring (bicyclic) bond motifs is 2. The van der Waals surface area contributed by atoms with E-state index in [-0.39, 0.29) is 23.4 Å². The van der Waals surface area contributed by atoms with Gasteiger partial charge in [0.25, 0.3) is 5.91 Å². The third kappa shape index (κ3) is 3.72. The van der Waals surface area contributed by atoms with Gasteiger partial charge in [-0.2, -0.15) is 5.10 Å². The summed E-state index contributed by atoms with van der Waals surface area (Å²) < 4.78 is 41.1. The summed E-state index contributed by atoms with van der Waals surface area (Å²) in [5.41, 5.74) is 0.446. The fraction of sp³-hybridized carbons (Fsp3) is 0.333. The van der Waals surface area contributed by atoms with Crippen LogP contribution in [0.3, 0.4) is 0 Å². The molecule has 6 nitrogen and oxygen atoms in total. The molecule has 1 amide bonds. The lowest BCUT2D eigenvalue weighted by molar-refractivity contribution is -0.274. The molecule has 10 heteroatoms. The van der Waals surface area contributed by atoms with Crippen molar-refractivity contribution in [3.63, 3.8) is 0 Å². The zero-order valence-corrected chi connectivity index (χ0v) is 16.7. The second-order valence-corrected chi connectivity index (χ2v) is 8.56. The van der Waals surface area contributed by atoms with E-state index < -0.39 is 23.6 Å². The van der Waals surface area contributed by atoms with E-state index in [0.29, 0.717) is 23.4 Å². The Balaban J connectivity index is 1.27. The average molecular weight is 452 g/mol. The molecule has 2 saturated carbocycles. The van der Waals surface area contributed by atoms with Gasteiger partial charge in [-0.3, -0.25) is 9.89 Å². The molecule has 0 radical (unpaired) electrons. The highest BCUT2D eigenvalue weighted by Crippen LogP contribution is 2.60. The van der Waals surface area contributed by atoms with Crippen LogP contribution in [0.4, 0.5) is 13.2 Å². The number of carbonyl (C=O) groups is 1. The Hall–Kier alpha value is -2.78. The van der Waals surface area contributed by atoms with Gasteiger partial charge in [0.15, 0.2) is 0 Å². The molecule has 0 saturated heterocycles. The number of aromatic nitrogens is 2. The number of halogens is 4. The minimum Gasteiger partial charge on any atom is -0.406 e. The number of hydrogen-bond donors (Lipinski definition) is 3. The van der Waals surface area contributed by atoms with Crippen molar-refractivity contribution in [1.29, 1.82) is 0 Å². The maximum absolute atomic E-state index is 12.5. The van der Waals surface area contributed by atoms with E-state index in [1.807, 2.05) is 0 Å². The average Bonchev–Trinajstić information content (AvgIpc) is 3.04. The van der Waals surface area contributed by atoms with Gasteiger partial charge in [-0.05, 0) is 60.6 Å². The van der Waals surface area contributed by atoms with Gasteiger partial charge < -0.3 is 15.2 Å². The highest BCUT2D eigenvalue weighted by Gasteiger charge is 2.62. The Morgan fingerprint density at radius 3 is 2.71 bits per heavy atom. The number of benzene rings is 2. The van der Waals surface area contributed by atoms with Gasteiger partial charge in [-0.1, -0.05) is 17.7 Å². The zero-order chi connectivity index (χ0) is 22.0. The topological polar surface area (TPSA) is 87.2 Å². The van der Waals surface area contributed by atoms with Crippen molar-refractivity contribution in [3.8, 4) is 5.75 Å². The molecule has 3 N–H and O–H groups in total. The first-order chi connectivity index (χ1) is 14.6. The lowest BCUT2D eigenvalue weighted by Gasteiger charge is -2.27. The first-order valence-corrected chi connectivity index (χ1v) is 10.0. The standard InChI is InChI=1S/C21H17ClF3N3O3/c22-11-5-16(15-9-26-28-17(15)6-11)20(30)7-13-14(8-20)18(13)27-19(29)10-2-1-3-12(4-10)31-21(23,24)25/h1-6,9,13-14,18,30H,7-8H2,(H,26,28)(H,27,29)/t13-,14+,18+,20+. The van der Waals surface area contributed by atoms with Crippen molar-refractivity contribution in [3.05, 3.63) is 58.7 Å². The lowest BCUT2D eigenvalue weighted by Crippen LogP contribution is -2.33. The third-order valence-corrected chi connectivity index (χ3v) is 6.35. The molecule has 1 heterocycles. The molecule has 0 bridgehead atoms. The summed E-state index contributed by atoms with van der Waals surface area (Å²) in [7, 11) is 0. The number of nitrogens with zero attached hydrogens (tertiary/aromatic N) is 1. The monoisotopic (exact) mass is 451 g/mol. The van der Waals surface area contributed by atoms with Gasteiger partial charge >= 0.3 is 6.36 Å². The summed E-state index contributed by atoms with van der Waals surface area (Å²) in [5.74, 6) is -0.778. The summed E-state index contributed by atoms with van der Waals surface area (Å²) in [6.45, 7) is 0. The number of hydrogen-bond acceptors (Lipinski definition) is 4. The van der Waals surface area contributed by atoms with E-state index in [1.165, 1.54) is 12.1 Å². The van der Waals surface area contributed by atoms with Crippen molar-refractivity contribution in [1.82, 2.24) is 15.5 Å². The molecule has 3 aromatic rings. The molecule has 5 rings (SSSR count). The Labute approximate surface area is 179 Å². The van der Waals surface area contributed by atoms with E-state index in [9.17, 15) is 23.1 Å². The van der Waals surface area contributed by atoms with E-state index in [1.54, 1.807) is 18.3 Å². The Morgan fingerprint density at radius 2 is 2.00 bits per heavy atom. The first-order valence-electron chi connectivity index (χ1n) is 9.65. The van der Waals surface area contributed by atoms with Crippen LogP contribution in [-0.4, -0.2) is 33.6 Å². The Kier molecular flexibility index (Phi) is 4.46. The highest BCUT2D eigenvalue weighted by atomic mass is 35.5. The van der Waals surface area contributed by atoms with Crippen molar-refractivity contribution in [2.45, 2.75) is 30.8 Å². The number of nitrogens with one attached hydrogen (secondary N) is 2. The van der Waals surface area contributed by atoms with Crippen LogP contribution in [-0.2, 0) is 5.60 Å². The Bertz CT molecular complexity index is 1170. The largest absolute Gasteiger partial charge is 0.573 e. The number of H-pyrrole nitrogens is 1. The number of aliphatic hydroxyl groups is 1. The quantitative estimate of drug-likeness (QED) is 0.556. The summed E-state index contributed by atoms with van der Waals surface area (Å²) in [4.78, 5) is 12.5. The van der Waals surface area contributed by atoms with Gasteiger partial charge in [-0.15, -0.1) is 13.2 Å². The van der Waals surface area contributed by atoms with E-state index in [0.717, 1.165) is 23.0 Å². The maximum atomic E-state index is 12.5. The van der Waals surface area contributed by atoms with Crippen LogP contribution in [0.2, 0.25) is 5.02 Å². The molecule has 2 aliphatic rings. The molecular weight excluding hydrogens is 435 g/mol. The highest BCUT2D eigenvalue weighted by molar-refractivity contribution is 6.31. The second-order valence-electron chi connectivity index (χ2n) is 8.13. The Morgan fingerprint density at radius 1 is 1.26 bits per heavy atom. The number of alkyl halides is 3. The molecule has 0 unspecified atom stereocenters. The number of rotatable bonds is 4. The van der Waals surface area contributed by atoms with Crippen LogP contribution < -0.4 is 10.1 Å². The van der Waals surface area contributed by atoms with Gasteiger partial charge in [0.2, 0.25) is 0 Å². The fourth-order valence-corrected chi connectivity index (χ4v) is 4.99. The number of amides is 1. The molecule has 162 valence electrons. The molecule has 0 spiro atoms. The minimum absolute atomic E-state index is 0.0736. The number of ether oxygens (including phenoxy) is 1. The summed E-state index contributed by atoms with van der Waals surface area (Å²) >= 11 is 6.19. The summed E-state index contributed by atoms with van der Waals surface area (Å²) in [6.07, 6.45) is -2.28. The van der Waals surface area contributed by atoms with Crippen molar-refractivity contribution >= 4 is 28.4 Å². The molecule has 2 aliphatic carbocycles. The van der Waals surface area contributed by atoms with E-state index >= 15 is 0 Å². The second kappa shape index (κ2) is 6.86. The normalized spacial score (nSPS) is 27.2. The van der Waals surface area contributed by atoms with Crippen molar-refractivity contribution in [2.75, 3.05) is 0 Å². The fourth-order valence-electron chi connectivity index (χ4n) is 4.77. The molecule has 0 aliphatic heterocycles. The predicted octanol–water partition coefficient (Wildman–Crippen LogP) is 4.14. The van der Waals surface area contributed by atoms with Crippen LogP contribution in [0, 0.1) is 11.8 Å². The van der Waals surface area contributed by atoms with E-state index in [2.05, 4.69) is 20.3 Å². The third-order valence-electron chi connectivity index (χ3n) is 6.13. The summed E-state index contributed by atoms with van der Waals surface area (Å²) in [5, 5.41) is 22.3. The molecule has 31 heavy (non-hydrogen) atoms. The van der Waals surface area contributed by atoms with Crippen molar-refractivity contribution < 1.29 is 27.8 Å². The predicted molar refractivity (Wildman–Crippen MR) is 106 cm³/mol. The van der Waals surface area contributed by atoms with Crippen LogP contribution in [0.25, 0.3) is 10.9 Å². The molecule has 4 atom stereocenters. The van der Waals surface area contributed by atoms with Crippen LogP contribution in [0.15, 0.2) is 42.6 Å². The maximum Gasteiger partial charge on any atom is 0.573 e. The molecule has 1 aromatic heterocycles. The minimum atomic E-state index is -4.83. The van der Waals surface area contributed by atoms with Crippen LogP contribution in [0.5, 0.6) is 5.75 Å². The van der Waals surface area contributed by atoms with Crippen molar-refractivity contribution in [2.24, 2.45) is 11.8 Å². The lowest BCUT2D eigenvalue weighted by atomic mass is 9.86. The zero-order valence-electron chi connectivity index (χ0n) is 15.9. The number of aromatic amines is 1. The van der Waals surface area contributed by atoms with E-state index in [4.69, 9.17) is 11.6 Å². The SMILES string of the molecule is O=C(N[C@H]1[C@@H]2C[C@@](O)(c3cc(Cl)cc4[nH]ncc34)C[C@@H]21)c1cccc(OC(F)(F)F)c1. The molecule has 2 aromatic carbocycles. The first kappa shape index (κ1) is 20.1.